The average Bonchev–Trinajstić information content (AvgIpc) is 2.91. The molecule has 0 radical (unpaired) electrons. The van der Waals surface area contributed by atoms with Gasteiger partial charge in [-0.15, -0.1) is 0 Å². The Balaban J connectivity index is 1.58. The van der Waals surface area contributed by atoms with E-state index in [9.17, 15) is 4.79 Å². The molecule has 2 aliphatic heterocycles. The van der Waals surface area contributed by atoms with Crippen LogP contribution >= 0.6 is 0 Å². The summed E-state index contributed by atoms with van der Waals surface area (Å²) in [4.78, 5) is 18.9. The molecule has 0 unspecified atom stereocenters. The van der Waals surface area contributed by atoms with Crippen LogP contribution in [0.15, 0.2) is 48.8 Å². The summed E-state index contributed by atoms with van der Waals surface area (Å²) in [5, 5.41) is 3.06. The van der Waals surface area contributed by atoms with Gasteiger partial charge in [-0.2, -0.15) is 0 Å². The lowest BCUT2D eigenvalue weighted by Crippen LogP contribution is -2.29. The number of amides is 1. The Morgan fingerprint density at radius 2 is 2.05 bits per heavy atom. The Morgan fingerprint density at radius 1 is 1.18 bits per heavy atom. The summed E-state index contributed by atoms with van der Waals surface area (Å²) in [7, 11) is 0. The number of nitrogens with zero attached hydrogens (tertiary/aromatic N) is 2. The van der Waals surface area contributed by atoms with Gasteiger partial charge in [-0.25, -0.2) is 0 Å². The van der Waals surface area contributed by atoms with Crippen molar-refractivity contribution in [2.24, 2.45) is 5.92 Å². The number of hydrogen-bond acceptors (Lipinski definition) is 3. The van der Waals surface area contributed by atoms with Gasteiger partial charge in [0.1, 0.15) is 0 Å². The van der Waals surface area contributed by atoms with Gasteiger partial charge in [0.2, 0.25) is 0 Å². The molecule has 2 aromatic rings. The fourth-order valence-electron chi connectivity index (χ4n) is 3.72. The third-order valence-corrected chi connectivity index (χ3v) is 4.79. The average molecular weight is 293 g/mol. The van der Waals surface area contributed by atoms with E-state index in [2.05, 4.69) is 45.5 Å². The summed E-state index contributed by atoms with van der Waals surface area (Å²) in [6.07, 6.45) is 3.58. The fraction of sp³-hybridized carbons (Fsp3) is 0.333. The first-order valence-electron chi connectivity index (χ1n) is 7.79. The molecule has 1 aromatic heterocycles. The molecule has 1 saturated heterocycles. The predicted molar refractivity (Wildman–Crippen MR) is 84.5 cm³/mol. The van der Waals surface area contributed by atoms with E-state index in [1.54, 1.807) is 6.20 Å². The number of likely N-dealkylation sites (tertiary alicyclic amines) is 1. The monoisotopic (exact) mass is 293 g/mol. The lowest BCUT2D eigenvalue weighted by Gasteiger charge is -2.17. The van der Waals surface area contributed by atoms with Crippen LogP contribution < -0.4 is 5.32 Å². The fourth-order valence-corrected chi connectivity index (χ4v) is 3.72. The van der Waals surface area contributed by atoms with Gasteiger partial charge in [0.25, 0.3) is 5.91 Å². The molecule has 3 heterocycles. The van der Waals surface area contributed by atoms with E-state index in [1.807, 2.05) is 12.3 Å². The predicted octanol–water partition coefficient (Wildman–Crippen LogP) is 2.04. The Labute approximate surface area is 130 Å². The lowest BCUT2D eigenvalue weighted by molar-refractivity contribution is 0.0951. The quantitative estimate of drug-likeness (QED) is 0.921. The molecular weight excluding hydrogens is 274 g/mol. The summed E-state index contributed by atoms with van der Waals surface area (Å²) >= 11 is 0. The maximum atomic E-state index is 12.2. The topological polar surface area (TPSA) is 45.2 Å². The van der Waals surface area contributed by atoms with E-state index in [-0.39, 0.29) is 5.91 Å². The van der Waals surface area contributed by atoms with Crippen LogP contribution in [0.2, 0.25) is 0 Å². The summed E-state index contributed by atoms with van der Waals surface area (Å²) in [6, 6.07) is 12.4. The third kappa shape index (κ3) is 2.40. The molecule has 4 heteroatoms. The van der Waals surface area contributed by atoms with Crippen LogP contribution in [0.25, 0.3) is 0 Å². The van der Waals surface area contributed by atoms with Crippen LogP contribution in [-0.2, 0) is 6.54 Å². The number of pyridine rings is 1. The maximum absolute atomic E-state index is 12.2. The Bertz CT molecular complexity index is 686. The highest BCUT2D eigenvalue weighted by Gasteiger charge is 2.38. The van der Waals surface area contributed by atoms with Crippen LogP contribution in [0.4, 0.5) is 0 Å². The van der Waals surface area contributed by atoms with E-state index >= 15 is 0 Å². The first-order valence-corrected chi connectivity index (χ1v) is 7.79. The number of rotatable bonds is 2. The number of hydrogen-bond donors (Lipinski definition) is 1. The zero-order chi connectivity index (χ0) is 14.9. The van der Waals surface area contributed by atoms with Crippen molar-refractivity contribution in [2.75, 3.05) is 19.6 Å². The highest BCUT2D eigenvalue weighted by Crippen LogP contribution is 2.36. The molecule has 22 heavy (non-hydrogen) atoms. The van der Waals surface area contributed by atoms with Crippen LogP contribution in [-0.4, -0.2) is 35.4 Å². The minimum absolute atomic E-state index is 0.0430. The van der Waals surface area contributed by atoms with E-state index in [1.165, 1.54) is 5.56 Å². The van der Waals surface area contributed by atoms with Crippen LogP contribution in [0.1, 0.15) is 27.4 Å². The molecule has 4 nitrogen and oxygen atoms in total. The zero-order valence-corrected chi connectivity index (χ0v) is 12.4. The second-order valence-corrected chi connectivity index (χ2v) is 6.22. The highest BCUT2D eigenvalue weighted by atomic mass is 16.1. The highest BCUT2D eigenvalue weighted by molar-refractivity contribution is 5.96. The number of benzene rings is 1. The molecule has 0 aliphatic carbocycles. The second-order valence-electron chi connectivity index (χ2n) is 6.22. The summed E-state index contributed by atoms with van der Waals surface area (Å²) in [5.41, 5.74) is 3.25. The zero-order valence-electron chi connectivity index (χ0n) is 12.4. The number of fused-ring (bicyclic) bond motifs is 3. The third-order valence-electron chi connectivity index (χ3n) is 4.79. The van der Waals surface area contributed by atoms with Gasteiger partial charge in [0.15, 0.2) is 0 Å². The van der Waals surface area contributed by atoms with Crippen molar-refractivity contribution in [2.45, 2.75) is 12.5 Å². The molecule has 4 rings (SSSR count). The van der Waals surface area contributed by atoms with Gasteiger partial charge in [-0.1, -0.05) is 30.3 Å². The van der Waals surface area contributed by atoms with E-state index in [0.717, 1.165) is 37.3 Å². The standard InChI is InChI=1S/C18H19N3O/c22-18-15-6-7-19-9-16(15)17-12-21(11-14(17)8-20-18)10-13-4-2-1-3-5-13/h1-7,9,14,17H,8,10-12H2,(H,20,22)/t14-,17-/m1/s1. The van der Waals surface area contributed by atoms with Gasteiger partial charge in [-0.3, -0.25) is 14.7 Å². The number of carbonyl (C=O) groups is 1. The molecule has 1 aromatic carbocycles. The van der Waals surface area contributed by atoms with Crippen molar-refractivity contribution in [1.29, 1.82) is 0 Å². The van der Waals surface area contributed by atoms with Crippen LogP contribution in [0.5, 0.6) is 0 Å². The molecule has 0 spiro atoms. The van der Waals surface area contributed by atoms with E-state index in [4.69, 9.17) is 0 Å². The van der Waals surface area contributed by atoms with Crippen molar-refractivity contribution in [3.63, 3.8) is 0 Å². The number of aromatic nitrogens is 1. The van der Waals surface area contributed by atoms with Crippen molar-refractivity contribution in [3.05, 3.63) is 65.5 Å². The number of nitrogens with one attached hydrogen (secondary N) is 1. The van der Waals surface area contributed by atoms with Crippen LogP contribution in [0, 0.1) is 5.92 Å². The molecule has 2 aliphatic rings. The minimum atomic E-state index is 0.0430. The Morgan fingerprint density at radius 3 is 2.91 bits per heavy atom. The maximum Gasteiger partial charge on any atom is 0.251 e. The normalized spacial score (nSPS) is 24.3. The van der Waals surface area contributed by atoms with Crippen molar-refractivity contribution in [1.82, 2.24) is 15.2 Å². The molecule has 0 bridgehead atoms. The molecule has 1 N–H and O–H groups in total. The van der Waals surface area contributed by atoms with Gasteiger partial charge < -0.3 is 5.32 Å². The summed E-state index contributed by atoms with van der Waals surface area (Å²) < 4.78 is 0. The van der Waals surface area contributed by atoms with Crippen molar-refractivity contribution >= 4 is 5.91 Å². The molecule has 2 atom stereocenters. The smallest absolute Gasteiger partial charge is 0.251 e. The van der Waals surface area contributed by atoms with E-state index < -0.39 is 0 Å². The Hall–Kier alpha value is -2.20. The molecule has 0 saturated carbocycles. The van der Waals surface area contributed by atoms with E-state index in [0.29, 0.717) is 11.8 Å². The van der Waals surface area contributed by atoms with Crippen LogP contribution in [0.3, 0.4) is 0 Å². The SMILES string of the molecule is O=C1NC[C@@H]2CN(Cc3ccccc3)C[C@H]2c2cnccc21. The molecule has 1 fully saturated rings. The minimum Gasteiger partial charge on any atom is -0.352 e. The Kier molecular flexibility index (Phi) is 3.39. The summed E-state index contributed by atoms with van der Waals surface area (Å²) in [6.45, 7) is 3.74. The van der Waals surface area contributed by atoms with Gasteiger partial charge >= 0.3 is 0 Å². The number of carbonyl (C=O) groups excluding carboxylic acids is 1. The molecule has 112 valence electrons. The second kappa shape index (κ2) is 5.54. The van der Waals surface area contributed by atoms with Crippen molar-refractivity contribution in [3.8, 4) is 0 Å². The van der Waals surface area contributed by atoms with Gasteiger partial charge in [-0.05, 0) is 23.1 Å². The largest absolute Gasteiger partial charge is 0.352 e. The molecular formula is C18H19N3O. The first-order chi connectivity index (χ1) is 10.8. The first kappa shape index (κ1) is 13.5. The molecule has 1 amide bonds. The summed E-state index contributed by atoms with van der Waals surface area (Å²) in [5.74, 6) is 0.908. The van der Waals surface area contributed by atoms with Gasteiger partial charge in [0.05, 0.1) is 0 Å². The van der Waals surface area contributed by atoms with Gasteiger partial charge in [0, 0.05) is 50.1 Å². The lowest BCUT2D eigenvalue weighted by atomic mass is 9.89. The van der Waals surface area contributed by atoms with Crippen molar-refractivity contribution < 1.29 is 4.79 Å².